The van der Waals surface area contributed by atoms with Gasteiger partial charge in [0.15, 0.2) is 0 Å². The monoisotopic (exact) mass is 240 g/mol. The van der Waals surface area contributed by atoms with E-state index in [9.17, 15) is 0 Å². The first-order valence-electron chi connectivity index (χ1n) is 5.68. The summed E-state index contributed by atoms with van der Waals surface area (Å²) in [6, 6.07) is 10.7. The highest BCUT2D eigenvalue weighted by Gasteiger charge is 2.46. The van der Waals surface area contributed by atoms with E-state index in [1.165, 1.54) is 5.56 Å². The van der Waals surface area contributed by atoms with E-state index >= 15 is 0 Å². The Hall–Kier alpha value is -1.66. The summed E-state index contributed by atoms with van der Waals surface area (Å²) in [6.07, 6.45) is 1.92. The molecule has 0 radical (unpaired) electrons. The molecule has 0 aliphatic heterocycles. The number of hydrogen-bond donors (Lipinski definition) is 0. The molecule has 1 aromatic heterocycles. The van der Waals surface area contributed by atoms with Gasteiger partial charge in [-0.25, -0.2) is 4.98 Å². The van der Waals surface area contributed by atoms with E-state index in [0.717, 1.165) is 29.1 Å². The first-order valence-corrected chi connectivity index (χ1v) is 6.56. The molecule has 2 aromatic rings. The highest BCUT2D eigenvalue weighted by Crippen LogP contribution is 2.48. The molecule has 84 valence electrons. The van der Waals surface area contributed by atoms with Crippen LogP contribution in [0.5, 0.6) is 0 Å². The van der Waals surface area contributed by atoms with Gasteiger partial charge in [-0.15, -0.1) is 11.3 Å². The Morgan fingerprint density at radius 1 is 1.41 bits per heavy atom. The van der Waals surface area contributed by atoms with Gasteiger partial charge in [0, 0.05) is 10.9 Å². The Morgan fingerprint density at radius 2 is 2.24 bits per heavy atom. The van der Waals surface area contributed by atoms with Crippen molar-refractivity contribution in [2.75, 3.05) is 0 Å². The van der Waals surface area contributed by atoms with E-state index in [4.69, 9.17) is 5.26 Å². The first-order chi connectivity index (χ1) is 8.23. The lowest BCUT2D eigenvalue weighted by Gasteiger charge is -2.00. The summed E-state index contributed by atoms with van der Waals surface area (Å²) >= 11 is 1.63. The van der Waals surface area contributed by atoms with Crippen LogP contribution in [0.3, 0.4) is 0 Å². The number of benzene rings is 1. The van der Waals surface area contributed by atoms with Crippen LogP contribution >= 0.6 is 11.3 Å². The molecular formula is C14H12N2S. The minimum absolute atomic E-state index is 0.265. The number of aryl methyl sites for hydroxylation is 1. The quantitative estimate of drug-likeness (QED) is 0.803. The van der Waals surface area contributed by atoms with Crippen LogP contribution < -0.4 is 0 Å². The molecule has 0 atom stereocenters. The normalized spacial score (nSPS) is 16.5. The lowest BCUT2D eigenvalue weighted by molar-refractivity contribution is 0.868. The molecule has 0 amide bonds. The molecule has 0 saturated heterocycles. The fraction of sp³-hybridized carbons (Fsp3) is 0.286. The van der Waals surface area contributed by atoms with Crippen molar-refractivity contribution < 1.29 is 0 Å². The van der Waals surface area contributed by atoms with Gasteiger partial charge >= 0.3 is 0 Å². The number of nitrogens with zero attached hydrogens (tertiary/aromatic N) is 2. The molecule has 3 rings (SSSR count). The summed E-state index contributed by atoms with van der Waals surface area (Å²) in [5.74, 6) is 0. The third-order valence-electron chi connectivity index (χ3n) is 3.22. The van der Waals surface area contributed by atoms with Crippen molar-refractivity contribution in [3.05, 3.63) is 40.9 Å². The molecule has 0 unspecified atom stereocenters. The second kappa shape index (κ2) is 3.68. The van der Waals surface area contributed by atoms with E-state index in [-0.39, 0.29) is 5.41 Å². The number of rotatable bonds is 2. The maximum Gasteiger partial charge on any atom is 0.123 e. The fourth-order valence-corrected chi connectivity index (χ4v) is 2.87. The largest absolute Gasteiger partial charge is 0.239 e. The Balaban J connectivity index is 1.99. The minimum Gasteiger partial charge on any atom is -0.239 e. The molecule has 1 heterocycles. The fourth-order valence-electron chi connectivity index (χ4n) is 1.95. The van der Waals surface area contributed by atoms with Crippen LogP contribution in [-0.2, 0) is 5.41 Å². The van der Waals surface area contributed by atoms with Crippen molar-refractivity contribution >= 4 is 11.3 Å². The van der Waals surface area contributed by atoms with Crippen LogP contribution in [0.2, 0.25) is 0 Å². The van der Waals surface area contributed by atoms with Gasteiger partial charge in [0.05, 0.1) is 11.8 Å². The summed E-state index contributed by atoms with van der Waals surface area (Å²) in [4.78, 5) is 4.62. The molecule has 1 saturated carbocycles. The third kappa shape index (κ3) is 1.75. The van der Waals surface area contributed by atoms with E-state index in [2.05, 4.69) is 36.2 Å². The van der Waals surface area contributed by atoms with Gasteiger partial charge in [-0.2, -0.15) is 5.26 Å². The SMILES string of the molecule is Cc1cccc(-c2nc(C3(C#N)CC3)cs2)c1. The van der Waals surface area contributed by atoms with Gasteiger partial charge in [0.2, 0.25) is 0 Å². The molecule has 1 aliphatic carbocycles. The molecule has 1 fully saturated rings. The predicted octanol–water partition coefficient (Wildman–Crippen LogP) is 3.67. The van der Waals surface area contributed by atoms with Crippen molar-refractivity contribution in [2.45, 2.75) is 25.2 Å². The molecule has 0 N–H and O–H groups in total. The summed E-state index contributed by atoms with van der Waals surface area (Å²) in [6.45, 7) is 2.08. The average molecular weight is 240 g/mol. The Morgan fingerprint density at radius 3 is 2.88 bits per heavy atom. The molecule has 3 heteroatoms. The van der Waals surface area contributed by atoms with Gasteiger partial charge in [0.25, 0.3) is 0 Å². The Bertz CT molecular complexity index is 603. The zero-order valence-corrected chi connectivity index (χ0v) is 10.4. The Kier molecular flexibility index (Phi) is 2.27. The topological polar surface area (TPSA) is 36.7 Å². The molecular weight excluding hydrogens is 228 g/mol. The molecule has 2 nitrogen and oxygen atoms in total. The van der Waals surface area contributed by atoms with Gasteiger partial charge in [-0.3, -0.25) is 0 Å². The number of hydrogen-bond acceptors (Lipinski definition) is 3. The highest BCUT2D eigenvalue weighted by molar-refractivity contribution is 7.13. The van der Waals surface area contributed by atoms with Gasteiger partial charge < -0.3 is 0 Å². The van der Waals surface area contributed by atoms with Crippen LogP contribution in [0, 0.1) is 18.3 Å². The summed E-state index contributed by atoms with van der Waals surface area (Å²) in [5, 5.41) is 12.2. The average Bonchev–Trinajstić information content (AvgIpc) is 2.99. The molecule has 0 spiro atoms. The first kappa shape index (κ1) is 10.5. The molecule has 1 aromatic carbocycles. The predicted molar refractivity (Wildman–Crippen MR) is 68.8 cm³/mol. The lowest BCUT2D eigenvalue weighted by Crippen LogP contribution is -2.02. The highest BCUT2D eigenvalue weighted by atomic mass is 32.1. The van der Waals surface area contributed by atoms with Crippen LogP contribution in [0.25, 0.3) is 10.6 Å². The third-order valence-corrected chi connectivity index (χ3v) is 4.11. The summed E-state index contributed by atoms with van der Waals surface area (Å²) < 4.78 is 0. The molecule has 0 bridgehead atoms. The van der Waals surface area contributed by atoms with Crippen molar-refractivity contribution in [3.63, 3.8) is 0 Å². The maximum atomic E-state index is 9.15. The van der Waals surface area contributed by atoms with Crippen molar-refractivity contribution in [1.29, 1.82) is 5.26 Å². The zero-order valence-electron chi connectivity index (χ0n) is 9.60. The van der Waals surface area contributed by atoms with E-state index in [0.29, 0.717) is 0 Å². The van der Waals surface area contributed by atoms with Crippen molar-refractivity contribution in [3.8, 4) is 16.6 Å². The maximum absolute atomic E-state index is 9.15. The summed E-state index contributed by atoms with van der Waals surface area (Å²) in [7, 11) is 0. The van der Waals surface area contributed by atoms with Crippen LogP contribution in [0.4, 0.5) is 0 Å². The summed E-state index contributed by atoms with van der Waals surface area (Å²) in [5.41, 5.74) is 3.08. The van der Waals surface area contributed by atoms with Crippen molar-refractivity contribution in [2.24, 2.45) is 0 Å². The number of aromatic nitrogens is 1. The lowest BCUT2D eigenvalue weighted by atomic mass is 10.1. The Labute approximate surface area is 105 Å². The van der Waals surface area contributed by atoms with E-state index in [1.807, 2.05) is 11.4 Å². The van der Waals surface area contributed by atoms with Gasteiger partial charge in [-0.05, 0) is 25.8 Å². The van der Waals surface area contributed by atoms with Crippen molar-refractivity contribution in [1.82, 2.24) is 4.98 Å². The molecule has 17 heavy (non-hydrogen) atoms. The molecule has 1 aliphatic rings. The smallest absolute Gasteiger partial charge is 0.123 e. The standard InChI is InChI=1S/C14H12N2S/c1-10-3-2-4-11(7-10)13-16-12(8-17-13)14(9-15)5-6-14/h2-4,7-8H,5-6H2,1H3. The van der Waals surface area contributed by atoms with Crippen LogP contribution in [0.1, 0.15) is 24.1 Å². The van der Waals surface area contributed by atoms with Gasteiger partial charge in [-0.1, -0.05) is 23.8 Å². The van der Waals surface area contributed by atoms with Crippen LogP contribution in [-0.4, -0.2) is 4.98 Å². The zero-order chi connectivity index (χ0) is 11.9. The second-order valence-electron chi connectivity index (χ2n) is 4.60. The van der Waals surface area contributed by atoms with E-state index < -0.39 is 0 Å². The van der Waals surface area contributed by atoms with Gasteiger partial charge in [0.1, 0.15) is 10.4 Å². The second-order valence-corrected chi connectivity index (χ2v) is 5.46. The number of nitriles is 1. The van der Waals surface area contributed by atoms with E-state index in [1.54, 1.807) is 11.3 Å². The minimum atomic E-state index is -0.265. The number of thiazole rings is 1. The van der Waals surface area contributed by atoms with Crippen LogP contribution in [0.15, 0.2) is 29.6 Å².